The second kappa shape index (κ2) is 3.45. The summed E-state index contributed by atoms with van der Waals surface area (Å²) in [5.74, 6) is 0. The molecule has 2 aromatic carbocycles. The van der Waals surface area contributed by atoms with Crippen molar-refractivity contribution in [1.82, 2.24) is 0 Å². The summed E-state index contributed by atoms with van der Waals surface area (Å²) in [5.41, 5.74) is 3.41. The lowest BCUT2D eigenvalue weighted by Gasteiger charge is -2.04. The van der Waals surface area contributed by atoms with Crippen LogP contribution in [0.2, 0.25) is 0 Å². The van der Waals surface area contributed by atoms with Crippen LogP contribution in [0.25, 0.3) is 21.7 Å². The van der Waals surface area contributed by atoms with Gasteiger partial charge in [-0.25, -0.2) is 0 Å². The smallest absolute Gasteiger partial charge is 0.265 e. The predicted octanol–water partition coefficient (Wildman–Crippen LogP) is 3.13. The van der Waals surface area contributed by atoms with Gasteiger partial charge in [0.15, 0.2) is 0 Å². The average Bonchev–Trinajstić information content (AvgIpc) is 2.29. The molecule has 0 aliphatic carbocycles. The van der Waals surface area contributed by atoms with E-state index in [9.17, 15) is 5.21 Å². The lowest BCUT2D eigenvalue weighted by Crippen LogP contribution is -2.29. The summed E-state index contributed by atoms with van der Waals surface area (Å²) in [6.45, 7) is 4.23. The van der Waals surface area contributed by atoms with Crippen molar-refractivity contribution < 1.29 is 9.94 Å². The van der Waals surface area contributed by atoms with Crippen LogP contribution in [0.4, 0.5) is 0 Å². The molecule has 1 N–H and O–H groups in total. The quantitative estimate of drug-likeness (QED) is 0.354. The number of aromatic nitrogens is 1. The lowest BCUT2D eigenvalue weighted by molar-refractivity contribution is -0.884. The van der Waals surface area contributed by atoms with Crippen LogP contribution in [0.15, 0.2) is 42.6 Å². The van der Waals surface area contributed by atoms with E-state index in [2.05, 4.69) is 32.0 Å². The number of rotatable bonds is 0. The van der Waals surface area contributed by atoms with Crippen LogP contribution in [-0.2, 0) is 0 Å². The van der Waals surface area contributed by atoms with E-state index in [1.165, 1.54) is 21.2 Å². The maximum Gasteiger partial charge on any atom is 0.265 e. The molecule has 1 heterocycles. The number of hydrogen-bond acceptors (Lipinski definition) is 1. The summed E-state index contributed by atoms with van der Waals surface area (Å²) < 4.78 is 1.17. The van der Waals surface area contributed by atoms with Gasteiger partial charge in [0.25, 0.3) is 5.52 Å². The van der Waals surface area contributed by atoms with E-state index >= 15 is 0 Å². The maximum atomic E-state index is 9.77. The molecule has 0 fully saturated rings. The summed E-state index contributed by atoms with van der Waals surface area (Å²) in [5, 5.41) is 13.2. The minimum Gasteiger partial charge on any atom is -0.285 e. The van der Waals surface area contributed by atoms with Crippen molar-refractivity contribution >= 4 is 21.7 Å². The molecule has 2 nitrogen and oxygen atoms in total. The second-order valence-electron chi connectivity index (χ2n) is 4.55. The number of fused-ring (bicyclic) bond motifs is 2. The Morgan fingerprint density at radius 1 is 0.882 bits per heavy atom. The van der Waals surface area contributed by atoms with Crippen LogP contribution >= 0.6 is 0 Å². The molecule has 84 valence electrons. The van der Waals surface area contributed by atoms with E-state index in [1.807, 2.05) is 18.2 Å². The summed E-state index contributed by atoms with van der Waals surface area (Å²) in [7, 11) is 0. The SMILES string of the molecule is Cc1cc2cc3ccc[n+](O)c3cc2cc1C. The third kappa shape index (κ3) is 1.53. The molecule has 0 bridgehead atoms. The topological polar surface area (TPSA) is 24.1 Å². The first kappa shape index (κ1) is 10.1. The Balaban J connectivity index is 2.48. The Morgan fingerprint density at radius 3 is 2.24 bits per heavy atom. The molecule has 0 saturated heterocycles. The Hall–Kier alpha value is -2.09. The molecular weight excluding hydrogens is 210 g/mol. The fourth-order valence-corrected chi connectivity index (χ4v) is 2.22. The highest BCUT2D eigenvalue weighted by atomic mass is 16.5. The van der Waals surface area contributed by atoms with Crippen LogP contribution < -0.4 is 4.73 Å². The van der Waals surface area contributed by atoms with E-state index in [0.717, 1.165) is 16.3 Å². The van der Waals surface area contributed by atoms with Crippen molar-refractivity contribution in [3.8, 4) is 0 Å². The molecular formula is C15H14NO+. The van der Waals surface area contributed by atoms with Gasteiger partial charge in [-0.1, -0.05) is 12.1 Å². The molecule has 17 heavy (non-hydrogen) atoms. The average molecular weight is 224 g/mol. The predicted molar refractivity (Wildman–Crippen MR) is 68.3 cm³/mol. The highest BCUT2D eigenvalue weighted by molar-refractivity contribution is 5.95. The summed E-state index contributed by atoms with van der Waals surface area (Å²) in [6.07, 6.45) is 1.65. The Bertz CT molecular complexity index is 732. The molecule has 0 saturated carbocycles. The molecule has 0 radical (unpaired) electrons. The molecule has 1 aromatic heterocycles. The number of aryl methyl sites for hydroxylation is 2. The van der Waals surface area contributed by atoms with Crippen LogP contribution in [0, 0.1) is 13.8 Å². The molecule has 3 rings (SSSR count). The van der Waals surface area contributed by atoms with Crippen molar-refractivity contribution in [2.24, 2.45) is 0 Å². The van der Waals surface area contributed by atoms with Crippen molar-refractivity contribution in [2.45, 2.75) is 13.8 Å². The van der Waals surface area contributed by atoms with E-state index in [1.54, 1.807) is 6.20 Å². The van der Waals surface area contributed by atoms with Crippen LogP contribution in [0.1, 0.15) is 11.1 Å². The van der Waals surface area contributed by atoms with Gasteiger partial charge >= 0.3 is 0 Å². The normalized spacial score (nSPS) is 11.2. The second-order valence-corrected chi connectivity index (χ2v) is 4.55. The van der Waals surface area contributed by atoms with Crippen molar-refractivity contribution in [1.29, 1.82) is 0 Å². The van der Waals surface area contributed by atoms with E-state index in [0.29, 0.717) is 0 Å². The van der Waals surface area contributed by atoms with Crippen LogP contribution in [-0.4, -0.2) is 5.21 Å². The van der Waals surface area contributed by atoms with Gasteiger partial charge in [0.2, 0.25) is 6.20 Å². The molecule has 0 amide bonds. The summed E-state index contributed by atoms with van der Waals surface area (Å²) >= 11 is 0. The Morgan fingerprint density at radius 2 is 1.53 bits per heavy atom. The molecule has 0 atom stereocenters. The van der Waals surface area contributed by atoms with Crippen molar-refractivity contribution in [3.63, 3.8) is 0 Å². The Labute approximate surface area is 99.7 Å². The van der Waals surface area contributed by atoms with Crippen LogP contribution in [0.3, 0.4) is 0 Å². The monoisotopic (exact) mass is 224 g/mol. The van der Waals surface area contributed by atoms with Crippen molar-refractivity contribution in [3.05, 3.63) is 53.7 Å². The van der Waals surface area contributed by atoms with Gasteiger partial charge in [0.05, 0.1) is 5.39 Å². The first-order chi connectivity index (χ1) is 8.15. The molecule has 0 spiro atoms. The largest absolute Gasteiger partial charge is 0.285 e. The van der Waals surface area contributed by atoms with Crippen LogP contribution in [0.5, 0.6) is 0 Å². The number of benzene rings is 2. The molecule has 3 aromatic rings. The standard InChI is InChI=1S/C15H14NO/c1-10-6-13-8-12-4-3-5-16(17)15(12)9-14(13)7-11(10)2/h3-9,17H,1-2H3/q+1. The fourth-order valence-electron chi connectivity index (χ4n) is 2.22. The molecule has 0 aliphatic rings. The highest BCUT2D eigenvalue weighted by Crippen LogP contribution is 2.23. The van der Waals surface area contributed by atoms with E-state index in [4.69, 9.17) is 0 Å². The van der Waals surface area contributed by atoms with Gasteiger partial charge in [-0.2, -0.15) is 0 Å². The number of hydrogen-bond donors (Lipinski definition) is 1. The Kier molecular flexibility index (Phi) is 2.05. The zero-order valence-electron chi connectivity index (χ0n) is 9.94. The number of pyridine rings is 1. The van der Waals surface area contributed by atoms with Gasteiger partial charge in [0, 0.05) is 16.9 Å². The van der Waals surface area contributed by atoms with Gasteiger partial charge in [-0.05, 0) is 47.9 Å². The summed E-state index contributed by atoms with van der Waals surface area (Å²) in [4.78, 5) is 0. The van der Waals surface area contributed by atoms with Crippen molar-refractivity contribution in [2.75, 3.05) is 0 Å². The van der Waals surface area contributed by atoms with Gasteiger partial charge in [-0.3, -0.25) is 5.21 Å². The van der Waals surface area contributed by atoms with E-state index < -0.39 is 0 Å². The zero-order valence-corrected chi connectivity index (χ0v) is 9.94. The third-order valence-electron chi connectivity index (χ3n) is 3.35. The van der Waals surface area contributed by atoms with Gasteiger partial charge < -0.3 is 0 Å². The minimum atomic E-state index is 0.836. The first-order valence-electron chi connectivity index (χ1n) is 5.70. The van der Waals surface area contributed by atoms with Gasteiger partial charge in [-0.15, -0.1) is 0 Å². The third-order valence-corrected chi connectivity index (χ3v) is 3.35. The lowest BCUT2D eigenvalue weighted by atomic mass is 10.0. The maximum absolute atomic E-state index is 9.77. The zero-order chi connectivity index (χ0) is 12.0. The van der Waals surface area contributed by atoms with Gasteiger partial charge in [0.1, 0.15) is 0 Å². The molecule has 2 heteroatoms. The highest BCUT2D eigenvalue weighted by Gasteiger charge is 2.09. The fraction of sp³-hybridized carbons (Fsp3) is 0.133. The van der Waals surface area contributed by atoms with E-state index in [-0.39, 0.29) is 0 Å². The first-order valence-corrected chi connectivity index (χ1v) is 5.70. The summed E-state index contributed by atoms with van der Waals surface area (Å²) in [6, 6.07) is 12.3. The minimum absolute atomic E-state index is 0.836. The molecule has 0 unspecified atom stereocenters. The molecule has 0 aliphatic heterocycles. The number of nitrogens with zero attached hydrogens (tertiary/aromatic N) is 1.